The number of ether oxygens (including phenoxy) is 2. The van der Waals surface area contributed by atoms with Crippen LogP contribution in [0.5, 0.6) is 11.5 Å². The van der Waals surface area contributed by atoms with Crippen LogP contribution < -0.4 is 9.47 Å². The summed E-state index contributed by atoms with van der Waals surface area (Å²) in [4.78, 5) is 12.4. The predicted molar refractivity (Wildman–Crippen MR) is 94.0 cm³/mol. The fraction of sp³-hybridized carbons (Fsp3) is 0.474. The van der Waals surface area contributed by atoms with E-state index in [1.807, 2.05) is 13.8 Å². The first kappa shape index (κ1) is 18.0. The van der Waals surface area contributed by atoms with Gasteiger partial charge in [0.15, 0.2) is 6.61 Å². The normalized spacial score (nSPS) is 10.9. The molecule has 0 aliphatic heterocycles. The fourth-order valence-corrected chi connectivity index (χ4v) is 2.59. The number of methoxy groups -OCH3 is 1. The molecule has 0 aliphatic carbocycles. The van der Waals surface area contributed by atoms with E-state index in [4.69, 9.17) is 9.47 Å². The van der Waals surface area contributed by atoms with E-state index >= 15 is 0 Å². The van der Waals surface area contributed by atoms with Crippen LogP contribution in [0.3, 0.4) is 0 Å². The first-order valence-electron chi connectivity index (χ1n) is 8.27. The molecule has 1 aromatic heterocycles. The first-order valence-corrected chi connectivity index (χ1v) is 8.27. The highest BCUT2D eigenvalue weighted by Crippen LogP contribution is 2.19. The number of aromatic nitrogens is 2. The van der Waals surface area contributed by atoms with Crippen LogP contribution in [0.2, 0.25) is 0 Å². The molecule has 0 amide bonds. The summed E-state index contributed by atoms with van der Waals surface area (Å²) in [7, 11) is 1.61. The molecule has 24 heavy (non-hydrogen) atoms. The Balaban J connectivity index is 2.02. The lowest BCUT2D eigenvalue weighted by molar-refractivity contribution is 0.0818. The van der Waals surface area contributed by atoms with E-state index < -0.39 is 0 Å². The van der Waals surface area contributed by atoms with Gasteiger partial charge < -0.3 is 9.47 Å². The average Bonchev–Trinajstić information content (AvgIpc) is 2.85. The van der Waals surface area contributed by atoms with Crippen molar-refractivity contribution in [3.8, 4) is 11.5 Å². The lowest BCUT2D eigenvalue weighted by Gasteiger charge is -2.08. The van der Waals surface area contributed by atoms with Crippen LogP contribution >= 0.6 is 0 Å². The molecule has 5 heteroatoms. The second-order valence-corrected chi connectivity index (χ2v) is 6.35. The monoisotopic (exact) mass is 330 g/mol. The smallest absolute Gasteiger partial charge is 0.284 e. The van der Waals surface area contributed by atoms with Crippen LogP contribution in [0.25, 0.3) is 0 Å². The van der Waals surface area contributed by atoms with Crippen LogP contribution in [0, 0.1) is 19.8 Å². The molecular formula is C19H26N2O3. The highest BCUT2D eigenvalue weighted by Gasteiger charge is 2.17. The first-order chi connectivity index (χ1) is 11.4. The van der Waals surface area contributed by atoms with Crippen LogP contribution in [-0.4, -0.2) is 29.4 Å². The van der Waals surface area contributed by atoms with Crippen molar-refractivity contribution in [2.24, 2.45) is 5.92 Å². The van der Waals surface area contributed by atoms with E-state index in [-0.39, 0.29) is 12.5 Å². The zero-order valence-corrected chi connectivity index (χ0v) is 15.1. The molecule has 1 aromatic carbocycles. The summed E-state index contributed by atoms with van der Waals surface area (Å²) in [5.74, 6) is 1.84. The van der Waals surface area contributed by atoms with E-state index in [1.54, 1.807) is 31.4 Å². The molecule has 0 bridgehead atoms. The van der Waals surface area contributed by atoms with Gasteiger partial charge in [-0.25, -0.2) is 4.68 Å². The number of hydrogen-bond acceptors (Lipinski definition) is 4. The number of rotatable bonds is 7. The van der Waals surface area contributed by atoms with E-state index in [0.29, 0.717) is 11.7 Å². The topological polar surface area (TPSA) is 53.4 Å². The average molecular weight is 330 g/mol. The SMILES string of the molecule is COc1ccc(OCC(=O)n2nc(C)c(CCC(C)C)c2C)cc1. The van der Waals surface area contributed by atoms with Crippen LogP contribution in [0.15, 0.2) is 24.3 Å². The highest BCUT2D eigenvalue weighted by molar-refractivity contribution is 5.80. The number of carbonyl (C=O) groups excluding carboxylic acids is 1. The zero-order chi connectivity index (χ0) is 17.7. The molecule has 0 unspecified atom stereocenters. The molecule has 0 N–H and O–H groups in total. The quantitative estimate of drug-likeness (QED) is 0.774. The Morgan fingerprint density at radius 3 is 2.38 bits per heavy atom. The molecule has 1 heterocycles. The molecule has 130 valence electrons. The van der Waals surface area contributed by atoms with Crippen LogP contribution in [0.4, 0.5) is 0 Å². The molecule has 2 rings (SSSR count). The van der Waals surface area contributed by atoms with Gasteiger partial charge in [0.05, 0.1) is 12.8 Å². The van der Waals surface area contributed by atoms with E-state index in [9.17, 15) is 4.79 Å². The molecule has 0 saturated heterocycles. The Morgan fingerprint density at radius 1 is 1.17 bits per heavy atom. The molecule has 0 spiro atoms. The summed E-state index contributed by atoms with van der Waals surface area (Å²) in [6.45, 7) is 8.25. The van der Waals surface area contributed by atoms with Gasteiger partial charge >= 0.3 is 0 Å². The Kier molecular flexibility index (Phi) is 6.01. The third kappa shape index (κ3) is 4.37. The second-order valence-electron chi connectivity index (χ2n) is 6.35. The highest BCUT2D eigenvalue weighted by atomic mass is 16.5. The van der Waals surface area contributed by atoms with Gasteiger partial charge in [-0.1, -0.05) is 13.8 Å². The van der Waals surface area contributed by atoms with Crippen molar-refractivity contribution in [2.45, 2.75) is 40.5 Å². The minimum atomic E-state index is -0.165. The largest absolute Gasteiger partial charge is 0.497 e. The summed E-state index contributed by atoms with van der Waals surface area (Å²) >= 11 is 0. The number of nitrogens with zero attached hydrogens (tertiary/aromatic N) is 2. The molecule has 0 aliphatic rings. The molecular weight excluding hydrogens is 304 g/mol. The minimum Gasteiger partial charge on any atom is -0.497 e. The van der Waals surface area contributed by atoms with Crippen molar-refractivity contribution in [1.29, 1.82) is 0 Å². The van der Waals surface area contributed by atoms with E-state index in [1.165, 1.54) is 10.2 Å². The maximum Gasteiger partial charge on any atom is 0.284 e. The van der Waals surface area contributed by atoms with Gasteiger partial charge in [0.2, 0.25) is 0 Å². The lowest BCUT2D eigenvalue weighted by atomic mass is 10.0. The summed E-state index contributed by atoms with van der Waals surface area (Å²) in [5, 5.41) is 4.39. The number of hydrogen-bond donors (Lipinski definition) is 0. The third-order valence-corrected chi connectivity index (χ3v) is 4.07. The molecule has 5 nitrogen and oxygen atoms in total. The van der Waals surface area contributed by atoms with Gasteiger partial charge in [-0.05, 0) is 62.4 Å². The molecule has 0 radical (unpaired) electrons. The summed E-state index contributed by atoms with van der Waals surface area (Å²) in [5.41, 5.74) is 3.00. The molecule has 0 fully saturated rings. The Labute approximate surface area is 143 Å². The number of benzene rings is 1. The van der Waals surface area contributed by atoms with Gasteiger partial charge in [-0.2, -0.15) is 5.10 Å². The fourth-order valence-electron chi connectivity index (χ4n) is 2.59. The van der Waals surface area contributed by atoms with Crippen molar-refractivity contribution >= 4 is 5.91 Å². The van der Waals surface area contributed by atoms with Crippen molar-refractivity contribution in [3.63, 3.8) is 0 Å². The maximum atomic E-state index is 12.4. The zero-order valence-electron chi connectivity index (χ0n) is 15.1. The molecule has 0 saturated carbocycles. The lowest BCUT2D eigenvalue weighted by Crippen LogP contribution is -2.21. The van der Waals surface area contributed by atoms with Crippen molar-refractivity contribution in [2.75, 3.05) is 13.7 Å². The second kappa shape index (κ2) is 7.99. The van der Waals surface area contributed by atoms with Crippen molar-refractivity contribution in [3.05, 3.63) is 41.2 Å². The summed E-state index contributed by atoms with van der Waals surface area (Å²) in [6, 6.07) is 7.16. The molecule has 0 atom stereocenters. The van der Waals surface area contributed by atoms with Crippen LogP contribution in [0.1, 0.15) is 42.0 Å². The number of aryl methyl sites for hydroxylation is 1. The maximum absolute atomic E-state index is 12.4. The van der Waals surface area contributed by atoms with Gasteiger partial charge in [0.25, 0.3) is 5.91 Å². The van der Waals surface area contributed by atoms with Crippen LogP contribution in [-0.2, 0) is 6.42 Å². The van der Waals surface area contributed by atoms with E-state index in [2.05, 4.69) is 18.9 Å². The van der Waals surface area contributed by atoms with Gasteiger partial charge in [0.1, 0.15) is 11.5 Å². The minimum absolute atomic E-state index is 0.0437. The Bertz CT molecular complexity index is 687. The Hall–Kier alpha value is -2.30. The summed E-state index contributed by atoms with van der Waals surface area (Å²) < 4.78 is 12.1. The van der Waals surface area contributed by atoms with Crippen molar-refractivity contribution < 1.29 is 14.3 Å². The summed E-state index contributed by atoms with van der Waals surface area (Å²) in [6.07, 6.45) is 2.03. The third-order valence-electron chi connectivity index (χ3n) is 4.07. The van der Waals surface area contributed by atoms with Crippen molar-refractivity contribution in [1.82, 2.24) is 9.78 Å². The molecule has 2 aromatic rings. The van der Waals surface area contributed by atoms with Gasteiger partial charge in [0, 0.05) is 5.69 Å². The van der Waals surface area contributed by atoms with Gasteiger partial charge in [-0.15, -0.1) is 0 Å². The Morgan fingerprint density at radius 2 is 1.79 bits per heavy atom. The standard InChI is InChI=1S/C19H26N2O3/c1-13(2)6-11-18-14(3)20-21(15(18)4)19(22)12-24-17-9-7-16(23-5)8-10-17/h7-10,13H,6,11-12H2,1-5H3. The number of carbonyl (C=O) groups is 1. The van der Waals surface area contributed by atoms with Gasteiger partial charge in [-0.3, -0.25) is 4.79 Å². The van der Waals surface area contributed by atoms with E-state index in [0.717, 1.165) is 30.0 Å². The predicted octanol–water partition coefficient (Wildman–Crippen LogP) is 3.82.